The topological polar surface area (TPSA) is 57.6 Å². The molecule has 4 nitrogen and oxygen atoms in total. The van der Waals surface area contributed by atoms with Crippen molar-refractivity contribution in [3.05, 3.63) is 65.2 Å². The first-order valence-corrected chi connectivity index (χ1v) is 8.89. The minimum absolute atomic E-state index is 0.000440. The van der Waals surface area contributed by atoms with Gasteiger partial charge in [0.2, 0.25) is 5.91 Å². The van der Waals surface area contributed by atoms with Gasteiger partial charge in [0.1, 0.15) is 5.37 Å². The van der Waals surface area contributed by atoms with Gasteiger partial charge in [0, 0.05) is 5.69 Å². The van der Waals surface area contributed by atoms with Crippen LogP contribution in [0, 0.1) is 0 Å². The maximum Gasteiger partial charge on any atom is 0.335 e. The van der Waals surface area contributed by atoms with Crippen LogP contribution in [0.25, 0.3) is 0 Å². The Balaban J connectivity index is 1.95. The molecule has 2 aromatic carbocycles. The summed E-state index contributed by atoms with van der Waals surface area (Å²) in [5, 5.41) is 9.05. The van der Waals surface area contributed by atoms with Crippen LogP contribution in [0.1, 0.15) is 46.6 Å². The molecular formula is C19H19NO3S. The molecule has 0 spiro atoms. The summed E-state index contributed by atoms with van der Waals surface area (Å²) >= 11 is 1.56. The lowest BCUT2D eigenvalue weighted by atomic mass is 10.0. The number of anilines is 1. The molecule has 1 N–H and O–H groups in total. The van der Waals surface area contributed by atoms with Crippen molar-refractivity contribution < 1.29 is 14.7 Å². The minimum Gasteiger partial charge on any atom is -0.478 e. The predicted molar refractivity (Wildman–Crippen MR) is 96.6 cm³/mol. The Morgan fingerprint density at radius 3 is 2.54 bits per heavy atom. The van der Waals surface area contributed by atoms with Crippen LogP contribution in [0.5, 0.6) is 0 Å². The van der Waals surface area contributed by atoms with E-state index in [0.29, 0.717) is 17.4 Å². The molecule has 1 aliphatic heterocycles. The van der Waals surface area contributed by atoms with Gasteiger partial charge >= 0.3 is 5.97 Å². The highest BCUT2D eigenvalue weighted by Crippen LogP contribution is 2.42. The number of carboxylic acids is 1. The van der Waals surface area contributed by atoms with Gasteiger partial charge in [0.25, 0.3) is 0 Å². The lowest BCUT2D eigenvalue weighted by molar-refractivity contribution is -0.115. The number of hydrogen-bond donors (Lipinski definition) is 1. The standard InChI is InChI=1S/C19H19NO3S/c1-12(2)13-6-8-14(9-7-13)18-20(17(21)11-24-18)16-5-3-4-15(10-16)19(22)23/h3-10,12,18H,11H2,1-2H3,(H,22,23). The Labute approximate surface area is 145 Å². The van der Waals surface area contributed by atoms with E-state index >= 15 is 0 Å². The predicted octanol–water partition coefficient (Wildman–Crippen LogP) is 4.29. The molecule has 1 saturated heterocycles. The van der Waals surface area contributed by atoms with Gasteiger partial charge in [-0.05, 0) is 35.2 Å². The Morgan fingerprint density at radius 1 is 1.21 bits per heavy atom. The number of thioether (sulfide) groups is 1. The Kier molecular flexibility index (Phi) is 4.62. The fourth-order valence-corrected chi connectivity index (χ4v) is 3.96. The molecule has 1 atom stereocenters. The summed E-state index contributed by atoms with van der Waals surface area (Å²) in [4.78, 5) is 25.3. The van der Waals surface area contributed by atoms with E-state index in [9.17, 15) is 14.7 Å². The third-order valence-electron chi connectivity index (χ3n) is 4.13. The number of amides is 1. The highest BCUT2D eigenvalue weighted by Gasteiger charge is 2.34. The fraction of sp³-hybridized carbons (Fsp3) is 0.263. The smallest absolute Gasteiger partial charge is 0.335 e. The molecule has 0 bridgehead atoms. The summed E-state index contributed by atoms with van der Waals surface area (Å²) in [6, 6.07) is 14.8. The van der Waals surface area contributed by atoms with Crippen LogP contribution in [-0.2, 0) is 4.79 Å². The second kappa shape index (κ2) is 6.69. The molecule has 3 rings (SSSR count). The van der Waals surface area contributed by atoms with Crippen molar-refractivity contribution in [2.24, 2.45) is 0 Å². The summed E-state index contributed by atoms with van der Waals surface area (Å²) in [6.45, 7) is 4.29. The van der Waals surface area contributed by atoms with Crippen LogP contribution in [0.4, 0.5) is 5.69 Å². The number of benzene rings is 2. The van der Waals surface area contributed by atoms with E-state index in [1.54, 1.807) is 34.9 Å². The summed E-state index contributed by atoms with van der Waals surface area (Å²) in [6.07, 6.45) is 0. The van der Waals surface area contributed by atoms with E-state index in [1.807, 2.05) is 0 Å². The molecule has 1 amide bonds. The first kappa shape index (κ1) is 16.6. The zero-order valence-electron chi connectivity index (χ0n) is 13.6. The average molecular weight is 341 g/mol. The van der Waals surface area contributed by atoms with E-state index in [4.69, 9.17) is 0 Å². The molecule has 24 heavy (non-hydrogen) atoms. The van der Waals surface area contributed by atoms with Crippen molar-refractivity contribution in [3.8, 4) is 0 Å². The summed E-state index contributed by atoms with van der Waals surface area (Å²) < 4.78 is 0. The number of carboxylic acid groups (broad SMARTS) is 1. The van der Waals surface area contributed by atoms with Gasteiger partial charge in [0.05, 0.1) is 11.3 Å². The number of rotatable bonds is 4. The number of carbonyl (C=O) groups excluding carboxylic acids is 1. The maximum atomic E-state index is 12.4. The Bertz CT molecular complexity index is 770. The average Bonchev–Trinajstić information content (AvgIpc) is 2.96. The first-order valence-electron chi connectivity index (χ1n) is 7.84. The largest absolute Gasteiger partial charge is 0.478 e. The van der Waals surface area contributed by atoms with Gasteiger partial charge in [0.15, 0.2) is 0 Å². The molecule has 0 aromatic heterocycles. The van der Waals surface area contributed by atoms with Crippen molar-refractivity contribution >= 4 is 29.3 Å². The molecule has 1 fully saturated rings. The van der Waals surface area contributed by atoms with Crippen LogP contribution >= 0.6 is 11.8 Å². The normalized spacial score (nSPS) is 17.5. The van der Waals surface area contributed by atoms with Gasteiger partial charge in [-0.3, -0.25) is 9.69 Å². The van der Waals surface area contributed by atoms with Crippen LogP contribution in [0.2, 0.25) is 0 Å². The zero-order valence-corrected chi connectivity index (χ0v) is 14.4. The molecule has 5 heteroatoms. The van der Waals surface area contributed by atoms with Gasteiger partial charge in [-0.25, -0.2) is 4.79 Å². The quantitative estimate of drug-likeness (QED) is 0.901. The van der Waals surface area contributed by atoms with E-state index in [2.05, 4.69) is 38.1 Å². The van der Waals surface area contributed by atoms with Gasteiger partial charge < -0.3 is 5.11 Å². The van der Waals surface area contributed by atoms with Gasteiger partial charge in [-0.15, -0.1) is 11.8 Å². The minimum atomic E-state index is -0.992. The van der Waals surface area contributed by atoms with Crippen molar-refractivity contribution in [2.45, 2.75) is 25.1 Å². The fourth-order valence-electron chi connectivity index (χ4n) is 2.78. The Morgan fingerprint density at radius 2 is 1.92 bits per heavy atom. The molecule has 0 radical (unpaired) electrons. The van der Waals surface area contributed by atoms with Crippen LogP contribution < -0.4 is 4.90 Å². The van der Waals surface area contributed by atoms with Crippen molar-refractivity contribution in [1.29, 1.82) is 0 Å². The monoisotopic (exact) mass is 341 g/mol. The van der Waals surface area contributed by atoms with E-state index in [-0.39, 0.29) is 16.8 Å². The summed E-state index contributed by atoms with van der Waals surface area (Å²) in [7, 11) is 0. The molecule has 1 aliphatic rings. The number of carbonyl (C=O) groups is 2. The number of nitrogens with zero attached hydrogens (tertiary/aromatic N) is 1. The van der Waals surface area contributed by atoms with Crippen LogP contribution in [-0.4, -0.2) is 22.7 Å². The van der Waals surface area contributed by atoms with Crippen molar-refractivity contribution in [3.63, 3.8) is 0 Å². The van der Waals surface area contributed by atoms with E-state index in [1.165, 1.54) is 11.6 Å². The van der Waals surface area contributed by atoms with Crippen molar-refractivity contribution in [2.75, 3.05) is 10.7 Å². The molecule has 1 unspecified atom stereocenters. The third-order valence-corrected chi connectivity index (χ3v) is 5.34. The molecule has 1 heterocycles. The first-order chi connectivity index (χ1) is 11.5. The second-order valence-electron chi connectivity index (χ2n) is 6.10. The zero-order chi connectivity index (χ0) is 17.3. The summed E-state index contributed by atoms with van der Waals surface area (Å²) in [5.41, 5.74) is 3.12. The van der Waals surface area contributed by atoms with Crippen LogP contribution in [0.15, 0.2) is 48.5 Å². The lowest BCUT2D eigenvalue weighted by Gasteiger charge is -2.25. The number of hydrogen-bond acceptors (Lipinski definition) is 3. The lowest BCUT2D eigenvalue weighted by Crippen LogP contribution is -2.28. The van der Waals surface area contributed by atoms with Crippen LogP contribution in [0.3, 0.4) is 0 Å². The van der Waals surface area contributed by atoms with Crippen molar-refractivity contribution in [1.82, 2.24) is 0 Å². The molecular weight excluding hydrogens is 322 g/mol. The molecule has 0 aliphatic carbocycles. The van der Waals surface area contributed by atoms with E-state index < -0.39 is 5.97 Å². The highest BCUT2D eigenvalue weighted by molar-refractivity contribution is 8.00. The molecule has 0 saturated carbocycles. The van der Waals surface area contributed by atoms with Gasteiger partial charge in [-0.1, -0.05) is 44.2 Å². The number of aromatic carboxylic acids is 1. The maximum absolute atomic E-state index is 12.4. The molecule has 124 valence electrons. The summed E-state index contributed by atoms with van der Waals surface area (Å²) in [5.74, 6) is -0.136. The Hall–Kier alpha value is -2.27. The van der Waals surface area contributed by atoms with E-state index in [0.717, 1.165) is 5.56 Å². The molecule has 2 aromatic rings. The SMILES string of the molecule is CC(C)c1ccc(C2SCC(=O)N2c2cccc(C(=O)O)c2)cc1. The highest BCUT2D eigenvalue weighted by atomic mass is 32.2. The van der Waals surface area contributed by atoms with Gasteiger partial charge in [-0.2, -0.15) is 0 Å². The second-order valence-corrected chi connectivity index (χ2v) is 7.17. The third kappa shape index (κ3) is 3.17.